The molecule has 2 rings (SSSR count). The van der Waals surface area contributed by atoms with Crippen LogP contribution in [-0.2, 0) is 0 Å². The first-order valence-corrected chi connectivity index (χ1v) is 6.65. The van der Waals surface area contributed by atoms with E-state index in [1.165, 1.54) is 11.1 Å². The molecule has 0 bridgehead atoms. The third kappa shape index (κ3) is 3.46. The predicted octanol–water partition coefficient (Wildman–Crippen LogP) is 3.26. The first-order chi connectivity index (χ1) is 8.88. The second-order valence-corrected chi connectivity index (χ2v) is 5.39. The van der Waals surface area contributed by atoms with Crippen molar-refractivity contribution in [1.29, 1.82) is 0 Å². The summed E-state index contributed by atoms with van der Waals surface area (Å²) in [6, 6.07) is 3.24. The second-order valence-electron chi connectivity index (χ2n) is 4.47. The zero-order valence-electron chi connectivity index (χ0n) is 9.95. The molecule has 1 amide bonds. The van der Waals surface area contributed by atoms with E-state index in [9.17, 15) is 18.0 Å². The lowest BCUT2D eigenvalue weighted by molar-refractivity contribution is -0.183. The van der Waals surface area contributed by atoms with Crippen LogP contribution in [0.25, 0.3) is 0 Å². The topological polar surface area (TPSA) is 33.2 Å². The fraction of sp³-hybridized carbons (Fsp3) is 0.500. The van der Waals surface area contributed by atoms with Gasteiger partial charge in [0, 0.05) is 23.8 Å². The maximum atomic E-state index is 12.5. The number of carbonyl (C=O) groups is 1. The van der Waals surface area contributed by atoms with Crippen LogP contribution in [0.3, 0.4) is 0 Å². The summed E-state index contributed by atoms with van der Waals surface area (Å²) in [4.78, 5) is 17.4. The average molecular weight is 337 g/mol. The molecule has 0 aromatic carbocycles. The van der Waals surface area contributed by atoms with Crippen molar-refractivity contribution in [3.8, 4) is 0 Å². The number of amides is 1. The number of rotatable bonds is 1. The third-order valence-electron chi connectivity index (χ3n) is 3.19. The molecular formula is C12H12BrF3N2O. The van der Waals surface area contributed by atoms with E-state index in [0.717, 1.165) is 4.47 Å². The molecule has 1 aliphatic heterocycles. The maximum absolute atomic E-state index is 12.5. The van der Waals surface area contributed by atoms with Crippen LogP contribution in [0, 0.1) is 5.92 Å². The van der Waals surface area contributed by atoms with Gasteiger partial charge in [0.2, 0.25) is 0 Å². The molecule has 0 aliphatic carbocycles. The highest BCUT2D eigenvalue weighted by Crippen LogP contribution is 2.34. The van der Waals surface area contributed by atoms with Crippen LogP contribution in [-0.4, -0.2) is 35.1 Å². The second kappa shape index (κ2) is 5.48. The Morgan fingerprint density at radius 2 is 1.95 bits per heavy atom. The number of likely N-dealkylation sites (tertiary alicyclic amines) is 1. The van der Waals surface area contributed by atoms with Gasteiger partial charge in [-0.05, 0) is 40.9 Å². The Hall–Kier alpha value is -1.11. The molecule has 1 saturated heterocycles. The van der Waals surface area contributed by atoms with Crippen molar-refractivity contribution in [1.82, 2.24) is 9.88 Å². The van der Waals surface area contributed by atoms with Gasteiger partial charge in [-0.1, -0.05) is 0 Å². The molecule has 7 heteroatoms. The zero-order valence-corrected chi connectivity index (χ0v) is 11.5. The average Bonchev–Trinajstić information content (AvgIpc) is 2.38. The highest BCUT2D eigenvalue weighted by Gasteiger charge is 2.41. The molecule has 0 atom stereocenters. The molecule has 19 heavy (non-hydrogen) atoms. The van der Waals surface area contributed by atoms with Crippen molar-refractivity contribution in [3.63, 3.8) is 0 Å². The number of carbonyl (C=O) groups excluding carboxylic acids is 1. The van der Waals surface area contributed by atoms with Crippen LogP contribution in [0.5, 0.6) is 0 Å². The van der Waals surface area contributed by atoms with Crippen LogP contribution >= 0.6 is 15.9 Å². The Kier molecular flexibility index (Phi) is 4.13. The summed E-state index contributed by atoms with van der Waals surface area (Å²) in [5.41, 5.74) is 0.258. The number of hydrogen-bond acceptors (Lipinski definition) is 2. The van der Waals surface area contributed by atoms with Gasteiger partial charge < -0.3 is 4.90 Å². The van der Waals surface area contributed by atoms with Crippen LogP contribution in [0.4, 0.5) is 13.2 Å². The van der Waals surface area contributed by atoms with Gasteiger partial charge in [-0.2, -0.15) is 13.2 Å². The van der Waals surface area contributed by atoms with Gasteiger partial charge >= 0.3 is 6.18 Å². The number of pyridine rings is 1. The van der Waals surface area contributed by atoms with Gasteiger partial charge in [0.05, 0.1) is 5.92 Å². The third-order valence-corrected chi connectivity index (χ3v) is 3.66. The maximum Gasteiger partial charge on any atom is 0.391 e. The molecule has 0 spiro atoms. The lowest BCUT2D eigenvalue weighted by Crippen LogP contribution is -2.42. The number of aromatic nitrogens is 1. The van der Waals surface area contributed by atoms with Crippen molar-refractivity contribution in [2.45, 2.75) is 19.0 Å². The highest BCUT2D eigenvalue weighted by molar-refractivity contribution is 9.10. The smallest absolute Gasteiger partial charge is 0.337 e. The molecule has 1 aliphatic rings. The van der Waals surface area contributed by atoms with Crippen LogP contribution in [0.1, 0.15) is 23.3 Å². The van der Waals surface area contributed by atoms with Crippen molar-refractivity contribution < 1.29 is 18.0 Å². The molecule has 1 aromatic heterocycles. The summed E-state index contributed by atoms with van der Waals surface area (Å²) in [7, 11) is 0. The fourth-order valence-electron chi connectivity index (χ4n) is 2.07. The molecule has 0 radical (unpaired) electrons. The normalized spacial score (nSPS) is 17.6. The fourth-order valence-corrected chi connectivity index (χ4v) is 2.31. The first kappa shape index (κ1) is 14.3. The van der Waals surface area contributed by atoms with E-state index in [2.05, 4.69) is 20.9 Å². The van der Waals surface area contributed by atoms with Gasteiger partial charge in [-0.15, -0.1) is 0 Å². The largest absolute Gasteiger partial charge is 0.391 e. The van der Waals surface area contributed by atoms with E-state index in [4.69, 9.17) is 0 Å². The number of halogens is 4. The van der Waals surface area contributed by atoms with Crippen molar-refractivity contribution in [2.24, 2.45) is 5.92 Å². The number of alkyl halides is 3. The zero-order chi connectivity index (χ0) is 14.0. The summed E-state index contributed by atoms with van der Waals surface area (Å²) in [5, 5.41) is 0. The van der Waals surface area contributed by atoms with Crippen molar-refractivity contribution in [2.75, 3.05) is 13.1 Å². The molecule has 3 nitrogen and oxygen atoms in total. The molecule has 0 saturated carbocycles. The van der Waals surface area contributed by atoms with Crippen molar-refractivity contribution >= 4 is 21.8 Å². The predicted molar refractivity (Wildman–Crippen MR) is 66.6 cm³/mol. The van der Waals surface area contributed by atoms with Crippen LogP contribution < -0.4 is 0 Å². The molecule has 2 heterocycles. The highest BCUT2D eigenvalue weighted by atomic mass is 79.9. The Morgan fingerprint density at radius 1 is 1.32 bits per heavy atom. The monoisotopic (exact) mass is 336 g/mol. The van der Waals surface area contributed by atoms with Gasteiger partial charge in [0.1, 0.15) is 5.69 Å². The SMILES string of the molecule is O=C(c1ccc(Br)cn1)N1CCC(C(F)(F)F)CC1. The quantitative estimate of drug-likeness (QED) is 0.788. The minimum absolute atomic E-state index is 0.0359. The van der Waals surface area contributed by atoms with Gasteiger partial charge in [-0.25, -0.2) is 4.98 Å². The van der Waals surface area contributed by atoms with E-state index < -0.39 is 12.1 Å². The van der Waals surface area contributed by atoms with Gasteiger partial charge in [0.15, 0.2) is 0 Å². The standard InChI is InChI=1S/C12H12BrF3N2O/c13-9-1-2-10(17-7-9)11(19)18-5-3-8(4-6-18)12(14,15)16/h1-2,7-8H,3-6H2. The Morgan fingerprint density at radius 3 is 2.42 bits per heavy atom. The lowest BCUT2D eigenvalue weighted by atomic mass is 9.96. The summed E-state index contributed by atoms with van der Waals surface area (Å²) in [5.74, 6) is -1.61. The van der Waals surface area contributed by atoms with E-state index in [1.807, 2.05) is 0 Å². The molecule has 1 fully saturated rings. The number of nitrogens with zero attached hydrogens (tertiary/aromatic N) is 2. The van der Waals surface area contributed by atoms with Gasteiger partial charge in [-0.3, -0.25) is 4.79 Å². The Labute approximate surface area is 116 Å². The summed E-state index contributed by atoms with van der Waals surface area (Å²) < 4.78 is 38.3. The minimum atomic E-state index is -4.16. The summed E-state index contributed by atoms with van der Waals surface area (Å²) in [6.45, 7) is 0.251. The molecule has 0 N–H and O–H groups in total. The number of hydrogen-bond donors (Lipinski definition) is 0. The van der Waals surface area contributed by atoms with E-state index in [0.29, 0.717) is 0 Å². The summed E-state index contributed by atoms with van der Waals surface area (Å²) in [6.07, 6.45) is -2.74. The van der Waals surface area contributed by atoms with E-state index in [-0.39, 0.29) is 37.5 Å². The molecule has 104 valence electrons. The van der Waals surface area contributed by atoms with Gasteiger partial charge in [0.25, 0.3) is 5.91 Å². The minimum Gasteiger partial charge on any atom is -0.337 e. The Bertz CT molecular complexity index is 453. The molecular weight excluding hydrogens is 325 g/mol. The molecule has 0 unspecified atom stereocenters. The van der Waals surface area contributed by atoms with E-state index in [1.54, 1.807) is 12.1 Å². The number of piperidine rings is 1. The first-order valence-electron chi connectivity index (χ1n) is 5.85. The lowest BCUT2D eigenvalue weighted by Gasteiger charge is -2.32. The Balaban J connectivity index is 1.98. The van der Waals surface area contributed by atoms with E-state index >= 15 is 0 Å². The van der Waals surface area contributed by atoms with Crippen molar-refractivity contribution in [3.05, 3.63) is 28.5 Å². The summed E-state index contributed by atoms with van der Waals surface area (Å²) >= 11 is 3.21. The molecule has 1 aromatic rings. The van der Waals surface area contributed by atoms with Crippen LogP contribution in [0.2, 0.25) is 0 Å². The van der Waals surface area contributed by atoms with Crippen LogP contribution in [0.15, 0.2) is 22.8 Å².